The van der Waals surface area contributed by atoms with Gasteiger partial charge in [-0.15, -0.1) is 11.3 Å². The number of hydrogen-bond donors (Lipinski definition) is 2. The molecule has 3 N–H and O–H groups in total. The quantitative estimate of drug-likeness (QED) is 0.869. The number of nitrogens with zero attached hydrogens (tertiary/aromatic N) is 2. The van der Waals surface area contributed by atoms with Crippen molar-refractivity contribution < 1.29 is 19.5 Å². The molecule has 0 radical (unpaired) electrons. The number of rotatable bonds is 4. The van der Waals surface area contributed by atoms with Gasteiger partial charge < -0.3 is 15.7 Å². The van der Waals surface area contributed by atoms with Gasteiger partial charge in [0, 0.05) is 28.7 Å². The average molecular weight is 359 g/mol. The summed E-state index contributed by atoms with van der Waals surface area (Å²) in [5, 5.41) is 12.0. The van der Waals surface area contributed by atoms with E-state index >= 15 is 0 Å². The molecule has 25 heavy (non-hydrogen) atoms. The highest BCUT2D eigenvalue weighted by Gasteiger charge is 2.33. The number of carboxylic acid groups (broad SMARTS) is 1. The Morgan fingerprint density at radius 1 is 1.24 bits per heavy atom. The van der Waals surface area contributed by atoms with Crippen LogP contribution in [0.5, 0.6) is 0 Å². The number of carbonyl (C=O) groups is 3. The minimum absolute atomic E-state index is 0.00379. The largest absolute Gasteiger partial charge is 0.478 e. The maximum Gasteiger partial charge on any atom is 0.335 e. The van der Waals surface area contributed by atoms with Gasteiger partial charge in [-0.1, -0.05) is 0 Å². The molecule has 0 bridgehead atoms. The molecule has 2 amide bonds. The number of likely N-dealkylation sites (tertiary alicyclic amines) is 1. The molecule has 1 fully saturated rings. The highest BCUT2D eigenvalue weighted by Crippen LogP contribution is 2.34. The minimum atomic E-state index is -1.22. The molecule has 1 aromatic carbocycles. The lowest BCUT2D eigenvalue weighted by atomic mass is 10.0. The zero-order chi connectivity index (χ0) is 18.1. The van der Waals surface area contributed by atoms with E-state index in [1.165, 1.54) is 29.5 Å². The van der Waals surface area contributed by atoms with Crippen LogP contribution in [0.2, 0.25) is 0 Å². The van der Waals surface area contributed by atoms with E-state index in [1.54, 1.807) is 4.90 Å². The summed E-state index contributed by atoms with van der Waals surface area (Å²) in [7, 11) is 0. The summed E-state index contributed by atoms with van der Waals surface area (Å²) >= 11 is 1.51. The number of aromatic nitrogens is 1. The van der Waals surface area contributed by atoms with Crippen molar-refractivity contribution in [3.63, 3.8) is 0 Å². The molecule has 3 rings (SSSR count). The van der Waals surface area contributed by atoms with E-state index in [-0.39, 0.29) is 28.6 Å². The van der Waals surface area contributed by atoms with Gasteiger partial charge >= 0.3 is 5.97 Å². The van der Waals surface area contributed by atoms with Crippen molar-refractivity contribution in [2.24, 2.45) is 5.73 Å². The number of hydrogen-bond acceptors (Lipinski definition) is 5. The van der Waals surface area contributed by atoms with Crippen molar-refractivity contribution in [3.05, 3.63) is 51.0 Å². The van der Waals surface area contributed by atoms with Crippen LogP contribution in [-0.4, -0.2) is 39.3 Å². The predicted molar refractivity (Wildman–Crippen MR) is 91.8 cm³/mol. The molecule has 0 aliphatic carbocycles. The lowest BCUT2D eigenvalue weighted by Crippen LogP contribution is -2.31. The number of benzene rings is 1. The summed E-state index contributed by atoms with van der Waals surface area (Å²) < 4.78 is 0. The third-order valence-electron chi connectivity index (χ3n) is 4.15. The molecule has 7 nitrogen and oxygen atoms in total. The maximum atomic E-state index is 12.9. The molecule has 1 saturated heterocycles. The van der Waals surface area contributed by atoms with Gasteiger partial charge in [0.2, 0.25) is 5.91 Å². The smallest absolute Gasteiger partial charge is 0.335 e. The molecular weight excluding hydrogens is 342 g/mol. The molecular formula is C17H17N3O4S. The van der Waals surface area contributed by atoms with Gasteiger partial charge in [0.1, 0.15) is 5.01 Å². The molecule has 8 heteroatoms. The van der Waals surface area contributed by atoms with Crippen molar-refractivity contribution in [2.45, 2.75) is 25.8 Å². The summed E-state index contributed by atoms with van der Waals surface area (Å²) in [5.41, 5.74) is 6.18. The maximum absolute atomic E-state index is 12.9. The zero-order valence-electron chi connectivity index (χ0n) is 13.6. The fraction of sp³-hybridized carbons (Fsp3) is 0.294. The zero-order valence-corrected chi connectivity index (χ0v) is 14.4. The van der Waals surface area contributed by atoms with Crippen LogP contribution < -0.4 is 5.73 Å². The Morgan fingerprint density at radius 3 is 2.52 bits per heavy atom. The average Bonchev–Trinajstić information content (AvgIpc) is 3.22. The first-order chi connectivity index (χ1) is 11.9. The lowest BCUT2D eigenvalue weighted by Gasteiger charge is -2.23. The van der Waals surface area contributed by atoms with Crippen molar-refractivity contribution in [3.8, 4) is 0 Å². The minimum Gasteiger partial charge on any atom is -0.478 e. The summed E-state index contributed by atoms with van der Waals surface area (Å²) in [5.74, 6) is -2.31. The van der Waals surface area contributed by atoms with Crippen LogP contribution in [-0.2, 0) is 0 Å². The van der Waals surface area contributed by atoms with Crippen LogP contribution in [0.4, 0.5) is 0 Å². The van der Waals surface area contributed by atoms with E-state index < -0.39 is 11.9 Å². The van der Waals surface area contributed by atoms with Crippen LogP contribution in [0.15, 0.2) is 23.6 Å². The fourth-order valence-corrected chi connectivity index (χ4v) is 3.92. The predicted octanol–water partition coefficient (Wildman–Crippen LogP) is 2.23. The Hall–Kier alpha value is -2.74. The number of thiazole rings is 1. The van der Waals surface area contributed by atoms with Crippen molar-refractivity contribution in [1.82, 2.24) is 9.88 Å². The molecule has 2 aromatic rings. The van der Waals surface area contributed by atoms with Crippen LogP contribution in [0.3, 0.4) is 0 Å². The van der Waals surface area contributed by atoms with E-state index in [0.717, 1.165) is 23.5 Å². The number of carbonyl (C=O) groups excluding carboxylic acids is 2. The standard InChI is InChI=1S/C17H17N3O4S/c1-9-8-25-15(19-9)13-3-2-4-20(13)16(22)11-5-10(14(18)21)6-12(7-11)17(23)24/h5-8,13H,2-4H2,1H3,(H2,18,21)(H,23,24). The van der Waals surface area contributed by atoms with E-state index in [9.17, 15) is 19.5 Å². The van der Waals surface area contributed by atoms with E-state index in [1.807, 2.05) is 12.3 Å². The second-order valence-corrected chi connectivity index (χ2v) is 6.84. The van der Waals surface area contributed by atoms with Crippen molar-refractivity contribution in [1.29, 1.82) is 0 Å². The topological polar surface area (TPSA) is 114 Å². The molecule has 1 unspecified atom stereocenters. The summed E-state index contributed by atoms with van der Waals surface area (Å²) in [6.07, 6.45) is 1.65. The fourth-order valence-electron chi connectivity index (χ4n) is 2.97. The van der Waals surface area contributed by atoms with Gasteiger partial charge in [-0.05, 0) is 38.0 Å². The Bertz CT molecular complexity index is 829. The van der Waals surface area contributed by atoms with E-state index in [0.29, 0.717) is 6.54 Å². The van der Waals surface area contributed by atoms with Gasteiger partial charge in [-0.3, -0.25) is 9.59 Å². The highest BCUT2D eigenvalue weighted by molar-refractivity contribution is 7.09. The van der Waals surface area contributed by atoms with Gasteiger partial charge in [-0.25, -0.2) is 9.78 Å². The molecule has 0 spiro atoms. The summed E-state index contributed by atoms with van der Waals surface area (Å²) in [6, 6.07) is 3.67. The Balaban J connectivity index is 1.96. The number of primary amides is 1. The van der Waals surface area contributed by atoms with Crippen LogP contribution >= 0.6 is 11.3 Å². The summed E-state index contributed by atoms with van der Waals surface area (Å²) in [4.78, 5) is 41.8. The third kappa shape index (κ3) is 3.39. The van der Waals surface area contributed by atoms with Crippen molar-refractivity contribution in [2.75, 3.05) is 6.54 Å². The van der Waals surface area contributed by atoms with Gasteiger partial charge in [0.15, 0.2) is 0 Å². The second kappa shape index (κ2) is 6.64. The Morgan fingerprint density at radius 2 is 1.92 bits per heavy atom. The molecule has 2 heterocycles. The number of nitrogens with two attached hydrogens (primary N) is 1. The third-order valence-corrected chi connectivity index (χ3v) is 5.21. The second-order valence-electron chi connectivity index (χ2n) is 5.95. The number of carboxylic acids is 1. The Labute approximate surface area is 148 Å². The number of amides is 2. The highest BCUT2D eigenvalue weighted by atomic mass is 32.1. The van der Waals surface area contributed by atoms with E-state index in [2.05, 4.69) is 4.98 Å². The molecule has 1 aliphatic heterocycles. The van der Waals surface area contributed by atoms with E-state index in [4.69, 9.17) is 5.73 Å². The first-order valence-electron chi connectivity index (χ1n) is 7.78. The molecule has 1 atom stereocenters. The van der Waals surface area contributed by atoms with Gasteiger partial charge in [0.05, 0.1) is 11.6 Å². The monoisotopic (exact) mass is 359 g/mol. The Kier molecular flexibility index (Phi) is 4.54. The van der Waals surface area contributed by atoms with Gasteiger partial charge in [-0.2, -0.15) is 0 Å². The number of aryl methyl sites for hydroxylation is 1. The molecule has 130 valence electrons. The first kappa shape index (κ1) is 17.1. The molecule has 0 saturated carbocycles. The van der Waals surface area contributed by atoms with Crippen LogP contribution in [0, 0.1) is 6.92 Å². The molecule has 1 aromatic heterocycles. The molecule has 1 aliphatic rings. The van der Waals surface area contributed by atoms with Crippen LogP contribution in [0.1, 0.15) is 60.7 Å². The lowest BCUT2D eigenvalue weighted by molar-refractivity contribution is 0.0697. The summed E-state index contributed by atoms with van der Waals surface area (Å²) in [6.45, 7) is 2.46. The normalized spacial score (nSPS) is 16.8. The SMILES string of the molecule is Cc1csc(C2CCCN2C(=O)c2cc(C(N)=O)cc(C(=O)O)c2)n1. The van der Waals surface area contributed by atoms with Gasteiger partial charge in [0.25, 0.3) is 5.91 Å². The number of aromatic carboxylic acids is 1. The van der Waals surface area contributed by atoms with Crippen LogP contribution in [0.25, 0.3) is 0 Å². The van der Waals surface area contributed by atoms with Crippen molar-refractivity contribution >= 4 is 29.1 Å². The first-order valence-corrected chi connectivity index (χ1v) is 8.66.